The van der Waals surface area contributed by atoms with Gasteiger partial charge in [-0.25, -0.2) is 0 Å². The second kappa shape index (κ2) is 5.96. The van der Waals surface area contributed by atoms with E-state index >= 15 is 0 Å². The van der Waals surface area contributed by atoms with Crippen LogP contribution in [-0.2, 0) is 10.3 Å². The minimum Gasteiger partial charge on any atom is -0.396 e. The first-order chi connectivity index (χ1) is 11.3. The average Bonchev–Trinajstić information content (AvgIpc) is 3.14. The largest absolute Gasteiger partial charge is 0.396 e. The molecule has 0 spiro atoms. The molecule has 1 aromatic heterocycles. The molecule has 1 aliphatic rings. The second-order valence-corrected chi connectivity index (χ2v) is 7.44. The van der Waals surface area contributed by atoms with Crippen LogP contribution < -0.4 is 5.73 Å². The van der Waals surface area contributed by atoms with Gasteiger partial charge in [-0.15, -0.1) is 0 Å². The fourth-order valence-corrected chi connectivity index (χ4v) is 3.59. The Balaban J connectivity index is 1.76. The summed E-state index contributed by atoms with van der Waals surface area (Å²) >= 11 is 0. The first-order valence-electron chi connectivity index (χ1n) is 8.45. The number of benzene rings is 1. The van der Waals surface area contributed by atoms with Crippen molar-refractivity contribution in [1.82, 2.24) is 14.7 Å². The number of hydrogen-bond donors (Lipinski definition) is 1. The minimum atomic E-state index is -0.727. The van der Waals surface area contributed by atoms with E-state index in [1.807, 2.05) is 18.7 Å². The number of hydrogen-bond acceptors (Lipinski definition) is 3. The Morgan fingerprint density at radius 3 is 2.50 bits per heavy atom. The van der Waals surface area contributed by atoms with Crippen LogP contribution in [0, 0.1) is 13.8 Å². The SMILES string of the molecule is Cc1cc(C)cc(C2CCN(C(=O)C(C)(C)n3cc(N)cn3)C2)c1. The number of nitrogens with zero attached hydrogens (tertiary/aromatic N) is 3. The molecule has 1 aliphatic heterocycles. The normalized spacial score (nSPS) is 18.2. The summed E-state index contributed by atoms with van der Waals surface area (Å²) in [6.07, 6.45) is 4.30. The van der Waals surface area contributed by atoms with E-state index in [9.17, 15) is 4.79 Å². The van der Waals surface area contributed by atoms with Crippen molar-refractivity contribution in [3.63, 3.8) is 0 Å². The Bertz CT molecular complexity index is 742. The predicted molar refractivity (Wildman–Crippen MR) is 95.8 cm³/mol. The fraction of sp³-hybridized carbons (Fsp3) is 0.474. The Morgan fingerprint density at radius 1 is 1.25 bits per heavy atom. The molecule has 1 fully saturated rings. The van der Waals surface area contributed by atoms with E-state index in [-0.39, 0.29) is 5.91 Å². The maximum absolute atomic E-state index is 13.0. The first-order valence-corrected chi connectivity index (χ1v) is 8.45. The third-order valence-corrected chi connectivity index (χ3v) is 4.89. The molecule has 2 aromatic rings. The number of aryl methyl sites for hydroxylation is 2. The van der Waals surface area contributed by atoms with Gasteiger partial charge in [0.15, 0.2) is 0 Å². The van der Waals surface area contributed by atoms with Gasteiger partial charge >= 0.3 is 0 Å². The zero-order chi connectivity index (χ0) is 17.5. The number of aromatic nitrogens is 2. The number of nitrogen functional groups attached to an aromatic ring is 1. The molecular formula is C19H26N4O. The van der Waals surface area contributed by atoms with E-state index in [0.717, 1.165) is 19.5 Å². The summed E-state index contributed by atoms with van der Waals surface area (Å²) in [5.74, 6) is 0.503. The highest BCUT2D eigenvalue weighted by atomic mass is 16.2. The van der Waals surface area contributed by atoms with E-state index in [0.29, 0.717) is 11.6 Å². The summed E-state index contributed by atoms with van der Waals surface area (Å²) in [5, 5.41) is 4.22. The van der Waals surface area contributed by atoms with Gasteiger partial charge in [-0.3, -0.25) is 9.48 Å². The summed E-state index contributed by atoms with van der Waals surface area (Å²) < 4.78 is 1.66. The number of amides is 1. The summed E-state index contributed by atoms with van der Waals surface area (Å²) in [7, 11) is 0. The van der Waals surface area contributed by atoms with Crippen molar-refractivity contribution in [3.05, 3.63) is 47.3 Å². The summed E-state index contributed by atoms with van der Waals surface area (Å²) in [6.45, 7) is 9.59. The van der Waals surface area contributed by atoms with Crippen molar-refractivity contribution >= 4 is 11.6 Å². The van der Waals surface area contributed by atoms with Crippen molar-refractivity contribution < 1.29 is 4.79 Å². The highest BCUT2D eigenvalue weighted by Crippen LogP contribution is 2.31. The molecule has 1 saturated heterocycles. The topological polar surface area (TPSA) is 64.2 Å². The van der Waals surface area contributed by atoms with Crippen LogP contribution in [-0.4, -0.2) is 33.7 Å². The van der Waals surface area contributed by atoms with Crippen molar-refractivity contribution in [1.29, 1.82) is 0 Å². The molecule has 5 heteroatoms. The number of anilines is 1. The maximum Gasteiger partial charge on any atom is 0.249 e. The summed E-state index contributed by atoms with van der Waals surface area (Å²) in [5.41, 5.74) is 9.49. The Morgan fingerprint density at radius 2 is 1.92 bits per heavy atom. The minimum absolute atomic E-state index is 0.0949. The number of carbonyl (C=O) groups excluding carboxylic acids is 1. The van der Waals surface area contributed by atoms with E-state index in [1.54, 1.807) is 17.1 Å². The number of nitrogens with two attached hydrogens (primary N) is 1. The van der Waals surface area contributed by atoms with Gasteiger partial charge in [0, 0.05) is 25.2 Å². The molecule has 2 N–H and O–H groups in total. The molecule has 5 nitrogen and oxygen atoms in total. The quantitative estimate of drug-likeness (QED) is 0.943. The molecule has 1 atom stereocenters. The molecule has 0 radical (unpaired) electrons. The van der Waals surface area contributed by atoms with Crippen molar-refractivity contribution in [2.45, 2.75) is 45.6 Å². The maximum atomic E-state index is 13.0. The van der Waals surface area contributed by atoms with Gasteiger partial charge in [-0.2, -0.15) is 5.10 Å². The summed E-state index contributed by atoms with van der Waals surface area (Å²) in [4.78, 5) is 15.0. The van der Waals surface area contributed by atoms with Gasteiger partial charge in [-0.05, 0) is 39.7 Å². The Kier molecular flexibility index (Phi) is 4.11. The van der Waals surface area contributed by atoms with Gasteiger partial charge in [0.05, 0.1) is 11.9 Å². The van der Waals surface area contributed by atoms with Crippen LogP contribution in [0.3, 0.4) is 0 Å². The second-order valence-electron chi connectivity index (χ2n) is 7.44. The fourth-order valence-electron chi connectivity index (χ4n) is 3.59. The van der Waals surface area contributed by atoms with Crippen molar-refractivity contribution in [3.8, 4) is 0 Å². The number of carbonyl (C=O) groups is 1. The van der Waals surface area contributed by atoms with Crippen LogP contribution in [0.4, 0.5) is 5.69 Å². The molecule has 0 saturated carbocycles. The Hall–Kier alpha value is -2.30. The van der Waals surface area contributed by atoms with E-state index in [2.05, 4.69) is 37.1 Å². The average molecular weight is 326 g/mol. The number of rotatable bonds is 3. The van der Waals surface area contributed by atoms with E-state index in [1.165, 1.54) is 16.7 Å². The highest BCUT2D eigenvalue weighted by molar-refractivity contribution is 5.84. The van der Waals surface area contributed by atoms with Crippen LogP contribution in [0.25, 0.3) is 0 Å². The predicted octanol–water partition coefficient (Wildman–Crippen LogP) is 2.83. The lowest BCUT2D eigenvalue weighted by Gasteiger charge is -2.29. The van der Waals surface area contributed by atoms with E-state index < -0.39 is 5.54 Å². The molecule has 1 aromatic carbocycles. The van der Waals surface area contributed by atoms with E-state index in [4.69, 9.17) is 5.73 Å². The molecule has 1 amide bonds. The monoisotopic (exact) mass is 326 g/mol. The van der Waals surface area contributed by atoms with Crippen molar-refractivity contribution in [2.75, 3.05) is 18.8 Å². The van der Waals surface area contributed by atoms with Crippen molar-refractivity contribution in [2.24, 2.45) is 0 Å². The number of likely N-dealkylation sites (tertiary alicyclic amines) is 1. The lowest BCUT2D eigenvalue weighted by Crippen LogP contribution is -2.46. The van der Waals surface area contributed by atoms with Gasteiger partial charge in [0.2, 0.25) is 5.91 Å². The highest BCUT2D eigenvalue weighted by Gasteiger charge is 2.38. The first kappa shape index (κ1) is 16.6. The van der Waals surface area contributed by atoms with Gasteiger partial charge in [0.25, 0.3) is 0 Å². The van der Waals surface area contributed by atoms with Gasteiger partial charge in [0.1, 0.15) is 5.54 Å². The standard InChI is InChI=1S/C19H26N4O/c1-13-7-14(2)9-16(8-13)15-5-6-22(11-15)18(24)19(3,4)23-12-17(20)10-21-23/h7-10,12,15H,5-6,11,20H2,1-4H3. The van der Waals surface area contributed by atoms with Gasteiger partial charge < -0.3 is 10.6 Å². The molecule has 128 valence electrons. The zero-order valence-electron chi connectivity index (χ0n) is 14.9. The van der Waals surface area contributed by atoms with Gasteiger partial charge in [-0.1, -0.05) is 29.3 Å². The van der Waals surface area contributed by atoms with Crippen LogP contribution in [0.15, 0.2) is 30.6 Å². The van der Waals surface area contributed by atoms with Crippen LogP contribution in [0.2, 0.25) is 0 Å². The molecule has 1 unspecified atom stereocenters. The molecule has 3 rings (SSSR count). The van der Waals surface area contributed by atoms with Crippen LogP contribution >= 0.6 is 0 Å². The molecule has 2 heterocycles. The lowest BCUT2D eigenvalue weighted by molar-refractivity contribution is -0.138. The van der Waals surface area contributed by atoms with Crippen LogP contribution in [0.5, 0.6) is 0 Å². The third kappa shape index (κ3) is 3.03. The lowest BCUT2D eigenvalue weighted by atomic mass is 9.95. The smallest absolute Gasteiger partial charge is 0.249 e. The summed E-state index contributed by atoms with van der Waals surface area (Å²) in [6, 6.07) is 6.67. The molecule has 0 aliphatic carbocycles. The molecule has 24 heavy (non-hydrogen) atoms. The Labute approximate surface area is 143 Å². The molecule has 0 bridgehead atoms. The molecular weight excluding hydrogens is 300 g/mol. The third-order valence-electron chi connectivity index (χ3n) is 4.89. The van der Waals surface area contributed by atoms with Crippen LogP contribution in [0.1, 0.15) is 42.9 Å². The zero-order valence-corrected chi connectivity index (χ0v) is 14.9.